The lowest BCUT2D eigenvalue weighted by Crippen LogP contribution is -2.55. The number of aromatic nitrogens is 1. The molecular weight excluding hydrogens is 723 g/mol. The van der Waals surface area contributed by atoms with Gasteiger partial charge >= 0.3 is 5.97 Å². The van der Waals surface area contributed by atoms with Crippen LogP contribution in [0.4, 0.5) is 14.5 Å². The number of ether oxygens (including phenoxy) is 1. The van der Waals surface area contributed by atoms with Gasteiger partial charge in [-0.3, -0.25) is 14.5 Å². The van der Waals surface area contributed by atoms with Crippen molar-refractivity contribution in [1.82, 2.24) is 15.4 Å². The zero-order chi connectivity index (χ0) is 40.1. The van der Waals surface area contributed by atoms with Crippen LogP contribution in [0.2, 0.25) is 0 Å². The summed E-state index contributed by atoms with van der Waals surface area (Å²) >= 11 is 0. The highest BCUT2D eigenvalue weighted by molar-refractivity contribution is 5.94. The van der Waals surface area contributed by atoms with E-state index >= 15 is 0 Å². The largest absolute Gasteiger partial charge is 0.469 e. The molecule has 1 aromatic heterocycles. The number of methoxy groups -OCH3 is 1. The number of fused-ring (bicyclic) bond motifs is 3. The lowest BCUT2D eigenvalue weighted by atomic mass is 9.89. The number of nitrogen functional groups attached to an aromatic ring is 1. The maximum Gasteiger partial charge on any atom is 0.312 e. The third-order valence-electron chi connectivity index (χ3n) is 11.0. The van der Waals surface area contributed by atoms with Crippen LogP contribution in [0, 0.1) is 17.6 Å². The molecule has 3 N–H and O–H groups in total. The lowest BCUT2D eigenvalue weighted by molar-refractivity contribution is -0.148. The minimum atomic E-state index is -0.820. The molecule has 1 aliphatic heterocycles. The van der Waals surface area contributed by atoms with Gasteiger partial charge in [-0.25, -0.2) is 8.78 Å². The van der Waals surface area contributed by atoms with Gasteiger partial charge in [0.05, 0.1) is 18.6 Å². The summed E-state index contributed by atoms with van der Waals surface area (Å²) in [6.07, 6.45) is 3.45. The highest BCUT2D eigenvalue weighted by Crippen LogP contribution is 2.44. The molecule has 292 valence electrons. The SMILES string of the molecule is COC(=O)[C@H]1CN(C(C)C)CC[C@@H]1NC(=O)c1cc(-c2ccc(F)cc2F)on1.Nc1c(CCc2ccccc2)c(-c2ccccc2)cc2c1Cc1ccccc1-2. The molecule has 57 heavy (non-hydrogen) atoms. The molecule has 0 radical (unpaired) electrons. The van der Waals surface area contributed by atoms with Crippen molar-refractivity contribution in [1.29, 1.82) is 0 Å². The Morgan fingerprint density at radius 3 is 2.32 bits per heavy atom. The van der Waals surface area contributed by atoms with E-state index < -0.39 is 35.5 Å². The van der Waals surface area contributed by atoms with E-state index in [9.17, 15) is 18.4 Å². The van der Waals surface area contributed by atoms with E-state index in [1.165, 1.54) is 63.8 Å². The van der Waals surface area contributed by atoms with E-state index in [-0.39, 0.29) is 23.1 Å². The van der Waals surface area contributed by atoms with Gasteiger partial charge in [0.2, 0.25) is 0 Å². The van der Waals surface area contributed by atoms with Gasteiger partial charge in [0, 0.05) is 49.4 Å². The molecule has 1 saturated heterocycles. The monoisotopic (exact) mass is 768 g/mol. The van der Waals surface area contributed by atoms with Gasteiger partial charge < -0.3 is 20.3 Å². The van der Waals surface area contributed by atoms with E-state index in [4.69, 9.17) is 15.0 Å². The lowest BCUT2D eigenvalue weighted by Gasteiger charge is -2.39. The quantitative estimate of drug-likeness (QED) is 0.112. The van der Waals surface area contributed by atoms with Gasteiger partial charge in [0.15, 0.2) is 11.5 Å². The predicted molar refractivity (Wildman–Crippen MR) is 218 cm³/mol. The first-order valence-electron chi connectivity index (χ1n) is 19.3. The minimum Gasteiger partial charge on any atom is -0.469 e. The summed E-state index contributed by atoms with van der Waals surface area (Å²) in [6.45, 7) is 5.28. The number of rotatable bonds is 9. The summed E-state index contributed by atoms with van der Waals surface area (Å²) in [7, 11) is 1.32. The number of nitrogens with zero attached hydrogens (tertiary/aromatic N) is 2. The number of nitrogens with one attached hydrogen (secondary N) is 1. The van der Waals surface area contributed by atoms with Crippen LogP contribution in [0.3, 0.4) is 0 Å². The molecule has 2 heterocycles. The van der Waals surface area contributed by atoms with E-state index in [0.717, 1.165) is 43.6 Å². The average Bonchev–Trinajstić information content (AvgIpc) is 3.87. The maximum absolute atomic E-state index is 13.9. The number of hydrogen-bond acceptors (Lipinski definition) is 7. The Bertz CT molecular complexity index is 2360. The van der Waals surface area contributed by atoms with Gasteiger partial charge in [0.1, 0.15) is 11.6 Å². The second-order valence-corrected chi connectivity index (χ2v) is 14.8. The molecule has 5 aromatic carbocycles. The number of esters is 1. The molecule has 1 aliphatic carbocycles. The van der Waals surface area contributed by atoms with Crippen LogP contribution in [0.5, 0.6) is 0 Å². The highest BCUT2D eigenvalue weighted by Gasteiger charge is 2.37. The van der Waals surface area contributed by atoms with E-state index in [2.05, 4.69) is 106 Å². The molecule has 10 heteroatoms. The zero-order valence-corrected chi connectivity index (χ0v) is 32.3. The summed E-state index contributed by atoms with van der Waals surface area (Å²) in [5, 5.41) is 6.49. The molecule has 0 spiro atoms. The number of carbonyl (C=O) groups is 2. The molecule has 0 bridgehead atoms. The fourth-order valence-electron chi connectivity index (χ4n) is 7.86. The first-order valence-corrected chi connectivity index (χ1v) is 19.3. The van der Waals surface area contributed by atoms with Crippen molar-refractivity contribution in [2.24, 2.45) is 5.92 Å². The highest BCUT2D eigenvalue weighted by atomic mass is 19.1. The summed E-state index contributed by atoms with van der Waals surface area (Å²) in [5.41, 5.74) is 18.2. The van der Waals surface area contributed by atoms with Crippen molar-refractivity contribution in [3.63, 3.8) is 0 Å². The fourth-order valence-corrected chi connectivity index (χ4v) is 7.86. The molecule has 1 fully saturated rings. The van der Waals surface area contributed by atoms with Crippen molar-refractivity contribution in [3.8, 4) is 33.6 Å². The Morgan fingerprint density at radius 2 is 1.60 bits per heavy atom. The van der Waals surface area contributed by atoms with E-state index in [0.29, 0.717) is 13.0 Å². The molecule has 0 saturated carbocycles. The number of halogens is 2. The van der Waals surface area contributed by atoms with Crippen LogP contribution >= 0.6 is 0 Å². The van der Waals surface area contributed by atoms with Crippen molar-refractivity contribution in [2.75, 3.05) is 25.9 Å². The number of nitrogens with two attached hydrogens (primary N) is 1. The van der Waals surface area contributed by atoms with Crippen LogP contribution in [0.25, 0.3) is 33.6 Å². The Labute approximate surface area is 331 Å². The van der Waals surface area contributed by atoms with Crippen LogP contribution in [-0.4, -0.2) is 54.2 Å². The van der Waals surface area contributed by atoms with Crippen LogP contribution in [0.1, 0.15) is 53.0 Å². The maximum atomic E-state index is 13.9. The molecule has 2 atom stereocenters. The van der Waals surface area contributed by atoms with Gasteiger partial charge in [-0.1, -0.05) is 90.1 Å². The van der Waals surface area contributed by atoms with Gasteiger partial charge in [-0.2, -0.15) is 0 Å². The summed E-state index contributed by atoms with van der Waals surface area (Å²) < 4.78 is 36.9. The number of hydrogen-bond donors (Lipinski definition) is 2. The topological polar surface area (TPSA) is 111 Å². The van der Waals surface area contributed by atoms with Crippen molar-refractivity contribution in [3.05, 3.63) is 155 Å². The van der Waals surface area contributed by atoms with E-state index in [1.54, 1.807) is 0 Å². The first kappa shape index (κ1) is 39.1. The molecule has 2 aliphatic rings. The van der Waals surface area contributed by atoms with Crippen LogP contribution in [0.15, 0.2) is 120 Å². The number of benzene rings is 5. The Balaban J connectivity index is 0.000000174. The third kappa shape index (κ3) is 8.66. The Hall–Kier alpha value is -6.13. The average molecular weight is 769 g/mol. The smallest absolute Gasteiger partial charge is 0.312 e. The van der Waals surface area contributed by atoms with Crippen molar-refractivity contribution in [2.45, 2.75) is 51.6 Å². The second kappa shape index (κ2) is 17.3. The van der Waals surface area contributed by atoms with Crippen LogP contribution in [-0.2, 0) is 28.8 Å². The molecule has 8 nitrogen and oxygen atoms in total. The number of aryl methyl sites for hydroxylation is 1. The normalized spacial score (nSPS) is 16.0. The first-order chi connectivity index (χ1) is 27.6. The Morgan fingerprint density at radius 1 is 0.877 bits per heavy atom. The predicted octanol–water partition coefficient (Wildman–Crippen LogP) is 8.91. The number of likely N-dealkylation sites (tertiary alicyclic amines) is 1. The number of anilines is 1. The number of amides is 1. The summed E-state index contributed by atoms with van der Waals surface area (Å²) in [5.74, 6) is -2.98. The number of piperidine rings is 1. The molecular formula is C47H46F2N4O4. The minimum absolute atomic E-state index is 0.00405. The molecule has 8 rings (SSSR count). The second-order valence-electron chi connectivity index (χ2n) is 14.8. The molecule has 1 amide bonds. The summed E-state index contributed by atoms with van der Waals surface area (Å²) in [4.78, 5) is 27.0. The zero-order valence-electron chi connectivity index (χ0n) is 32.3. The third-order valence-corrected chi connectivity index (χ3v) is 11.0. The molecule has 0 unspecified atom stereocenters. The Kier molecular flexibility index (Phi) is 11.9. The number of carbonyl (C=O) groups excluding carboxylic acids is 2. The van der Waals surface area contributed by atoms with E-state index in [1.807, 2.05) is 13.8 Å². The van der Waals surface area contributed by atoms with Crippen molar-refractivity contribution >= 4 is 17.6 Å². The van der Waals surface area contributed by atoms with Gasteiger partial charge in [0.25, 0.3) is 5.91 Å². The summed E-state index contributed by atoms with van der Waals surface area (Å²) in [6, 6.07) is 36.5. The van der Waals surface area contributed by atoms with Gasteiger partial charge in [-0.15, -0.1) is 0 Å². The van der Waals surface area contributed by atoms with Gasteiger partial charge in [-0.05, 0) is 95.8 Å². The van der Waals surface area contributed by atoms with Crippen LogP contribution < -0.4 is 11.1 Å². The standard InChI is InChI=1S/C27H23N.C20H23F2N3O4/c28-27-23(16-15-19-9-3-1-4-10-19)24(20-11-5-2-6-12-20)18-25-22-14-8-7-13-21(22)17-26(25)27;1-11(2)25-7-6-16(14(10-25)20(27)28-3)23-19(26)17-9-18(29-24-17)13-5-4-12(21)8-15(13)22/h1-14,18H,15-17,28H2;4-5,8-9,11,14,16H,6-7,10H2,1-3H3,(H,23,26)/t;14-,16-/m.0/s1. The molecule has 6 aromatic rings. The fraction of sp³-hybridized carbons (Fsp3) is 0.255. The van der Waals surface area contributed by atoms with Crippen molar-refractivity contribution < 1.29 is 27.6 Å².